The number of ether oxygens (including phenoxy) is 2. The first-order chi connectivity index (χ1) is 9.93. The Morgan fingerprint density at radius 3 is 2.57 bits per heavy atom. The standard InChI is InChI=1S/C16H22N2O3/c1-16(2)20-13-8-7-12(9-14(13)21-16)18-15(19)10-3-5-11(17)6-4-10/h7-11H,3-6,17H2,1-2H3,(H,18,19). The van der Waals surface area contributed by atoms with Crippen LogP contribution in [0.25, 0.3) is 0 Å². The molecule has 0 bridgehead atoms. The molecule has 0 aromatic heterocycles. The van der Waals surface area contributed by atoms with Gasteiger partial charge < -0.3 is 20.5 Å². The molecular formula is C16H22N2O3. The molecule has 21 heavy (non-hydrogen) atoms. The van der Waals surface area contributed by atoms with Crippen LogP contribution in [0.15, 0.2) is 18.2 Å². The largest absolute Gasteiger partial charge is 0.449 e. The van der Waals surface area contributed by atoms with Crippen LogP contribution < -0.4 is 20.5 Å². The molecule has 2 aliphatic rings. The number of anilines is 1. The second-order valence-electron chi connectivity index (χ2n) is 6.37. The summed E-state index contributed by atoms with van der Waals surface area (Å²) in [6, 6.07) is 5.74. The molecule has 1 heterocycles. The lowest BCUT2D eigenvalue weighted by Crippen LogP contribution is -2.32. The van der Waals surface area contributed by atoms with Gasteiger partial charge in [-0.15, -0.1) is 0 Å². The molecule has 1 amide bonds. The maximum atomic E-state index is 12.3. The van der Waals surface area contributed by atoms with Gasteiger partial charge in [-0.2, -0.15) is 0 Å². The summed E-state index contributed by atoms with van der Waals surface area (Å²) in [6.07, 6.45) is 3.58. The van der Waals surface area contributed by atoms with E-state index in [0.29, 0.717) is 11.5 Å². The van der Waals surface area contributed by atoms with Crippen molar-refractivity contribution in [1.82, 2.24) is 0 Å². The number of nitrogens with one attached hydrogen (secondary N) is 1. The average molecular weight is 290 g/mol. The van der Waals surface area contributed by atoms with Crippen LogP contribution in [-0.2, 0) is 4.79 Å². The van der Waals surface area contributed by atoms with Gasteiger partial charge in [0.25, 0.3) is 0 Å². The predicted octanol–water partition coefficient (Wildman–Crippen LogP) is 2.65. The van der Waals surface area contributed by atoms with Crippen molar-refractivity contribution >= 4 is 11.6 Å². The summed E-state index contributed by atoms with van der Waals surface area (Å²) < 4.78 is 11.3. The van der Waals surface area contributed by atoms with Crippen LogP contribution in [0.3, 0.4) is 0 Å². The van der Waals surface area contributed by atoms with Crippen LogP contribution in [0, 0.1) is 5.92 Å². The predicted molar refractivity (Wildman–Crippen MR) is 80.3 cm³/mol. The summed E-state index contributed by atoms with van der Waals surface area (Å²) in [5, 5.41) is 2.97. The van der Waals surface area contributed by atoms with E-state index >= 15 is 0 Å². The van der Waals surface area contributed by atoms with E-state index in [1.54, 1.807) is 0 Å². The molecule has 3 rings (SSSR count). The van der Waals surface area contributed by atoms with E-state index in [9.17, 15) is 4.79 Å². The number of hydrogen-bond donors (Lipinski definition) is 2. The Hall–Kier alpha value is -1.75. The fraction of sp³-hybridized carbons (Fsp3) is 0.562. The molecule has 0 saturated heterocycles. The molecule has 1 aliphatic carbocycles. The number of fused-ring (bicyclic) bond motifs is 1. The quantitative estimate of drug-likeness (QED) is 0.878. The third kappa shape index (κ3) is 3.13. The molecular weight excluding hydrogens is 268 g/mol. The van der Waals surface area contributed by atoms with E-state index in [4.69, 9.17) is 15.2 Å². The van der Waals surface area contributed by atoms with Crippen LogP contribution >= 0.6 is 0 Å². The topological polar surface area (TPSA) is 73.6 Å². The third-order valence-corrected chi connectivity index (χ3v) is 4.07. The fourth-order valence-electron chi connectivity index (χ4n) is 2.93. The van der Waals surface area contributed by atoms with Crippen LogP contribution in [0.1, 0.15) is 39.5 Å². The lowest BCUT2D eigenvalue weighted by molar-refractivity contribution is -0.120. The zero-order valence-corrected chi connectivity index (χ0v) is 12.5. The molecule has 1 aromatic rings. The van der Waals surface area contributed by atoms with Gasteiger partial charge in [0.15, 0.2) is 11.5 Å². The summed E-state index contributed by atoms with van der Waals surface area (Å²) in [6.45, 7) is 3.72. The number of benzene rings is 1. The fourth-order valence-corrected chi connectivity index (χ4v) is 2.93. The van der Waals surface area contributed by atoms with E-state index in [2.05, 4.69) is 5.32 Å². The highest BCUT2D eigenvalue weighted by atomic mass is 16.7. The van der Waals surface area contributed by atoms with Crippen LogP contribution in [-0.4, -0.2) is 17.7 Å². The monoisotopic (exact) mass is 290 g/mol. The molecule has 1 aliphatic heterocycles. The highest BCUT2D eigenvalue weighted by molar-refractivity contribution is 5.93. The smallest absolute Gasteiger partial charge is 0.246 e. The van der Waals surface area contributed by atoms with E-state index in [1.807, 2.05) is 32.0 Å². The maximum Gasteiger partial charge on any atom is 0.246 e. The summed E-state index contributed by atoms with van der Waals surface area (Å²) in [5.74, 6) is 0.863. The first-order valence-corrected chi connectivity index (χ1v) is 7.51. The SMILES string of the molecule is CC1(C)Oc2ccc(NC(=O)C3CCC(N)CC3)cc2O1. The van der Waals surface area contributed by atoms with Crippen LogP contribution in [0.4, 0.5) is 5.69 Å². The Bertz CT molecular complexity index is 548. The minimum Gasteiger partial charge on any atom is -0.449 e. The van der Waals surface area contributed by atoms with Gasteiger partial charge in [-0.3, -0.25) is 4.79 Å². The van der Waals surface area contributed by atoms with E-state index in [1.165, 1.54) is 0 Å². The van der Waals surface area contributed by atoms with Gasteiger partial charge in [0.05, 0.1) is 0 Å². The lowest BCUT2D eigenvalue weighted by Gasteiger charge is -2.25. The van der Waals surface area contributed by atoms with Gasteiger partial charge in [0.2, 0.25) is 11.7 Å². The summed E-state index contributed by atoms with van der Waals surface area (Å²) in [4.78, 5) is 12.3. The molecule has 1 fully saturated rings. The Kier molecular flexibility index (Phi) is 3.53. The third-order valence-electron chi connectivity index (χ3n) is 4.07. The molecule has 114 valence electrons. The Morgan fingerprint density at radius 1 is 1.19 bits per heavy atom. The number of carbonyl (C=O) groups is 1. The first-order valence-electron chi connectivity index (χ1n) is 7.51. The van der Waals surface area contributed by atoms with Crippen molar-refractivity contribution in [2.75, 3.05) is 5.32 Å². The Morgan fingerprint density at radius 2 is 1.86 bits per heavy atom. The Labute approximate surface area is 124 Å². The zero-order chi connectivity index (χ0) is 15.0. The summed E-state index contributed by atoms with van der Waals surface area (Å²) in [5.41, 5.74) is 6.62. The maximum absolute atomic E-state index is 12.3. The van der Waals surface area contributed by atoms with Crippen molar-refractivity contribution in [3.8, 4) is 11.5 Å². The van der Waals surface area contributed by atoms with Gasteiger partial charge in [0, 0.05) is 37.6 Å². The number of rotatable bonds is 2. The highest BCUT2D eigenvalue weighted by Gasteiger charge is 2.32. The van der Waals surface area contributed by atoms with E-state index in [0.717, 1.165) is 31.4 Å². The van der Waals surface area contributed by atoms with Gasteiger partial charge in [0.1, 0.15) is 0 Å². The molecule has 3 N–H and O–H groups in total. The number of hydrogen-bond acceptors (Lipinski definition) is 4. The molecule has 1 saturated carbocycles. The number of nitrogens with two attached hydrogens (primary N) is 1. The number of amides is 1. The molecule has 0 unspecified atom stereocenters. The normalized spacial score (nSPS) is 26.4. The molecule has 1 aromatic carbocycles. The summed E-state index contributed by atoms with van der Waals surface area (Å²) >= 11 is 0. The van der Waals surface area contributed by atoms with Crippen LogP contribution in [0.5, 0.6) is 11.5 Å². The second-order valence-corrected chi connectivity index (χ2v) is 6.37. The van der Waals surface area contributed by atoms with Crippen molar-refractivity contribution in [2.24, 2.45) is 11.7 Å². The van der Waals surface area contributed by atoms with Gasteiger partial charge in [-0.1, -0.05) is 0 Å². The van der Waals surface area contributed by atoms with Gasteiger partial charge in [-0.25, -0.2) is 0 Å². The van der Waals surface area contributed by atoms with Gasteiger partial charge in [-0.05, 0) is 37.8 Å². The lowest BCUT2D eigenvalue weighted by atomic mass is 9.86. The average Bonchev–Trinajstić information content (AvgIpc) is 2.72. The van der Waals surface area contributed by atoms with Gasteiger partial charge >= 0.3 is 0 Å². The van der Waals surface area contributed by atoms with Crippen molar-refractivity contribution in [2.45, 2.75) is 51.4 Å². The minimum atomic E-state index is -0.648. The highest BCUT2D eigenvalue weighted by Crippen LogP contribution is 2.40. The van der Waals surface area contributed by atoms with Crippen LogP contribution in [0.2, 0.25) is 0 Å². The van der Waals surface area contributed by atoms with E-state index in [-0.39, 0.29) is 17.9 Å². The van der Waals surface area contributed by atoms with Crippen molar-refractivity contribution in [3.05, 3.63) is 18.2 Å². The van der Waals surface area contributed by atoms with Crippen molar-refractivity contribution in [1.29, 1.82) is 0 Å². The molecule has 5 heteroatoms. The summed E-state index contributed by atoms with van der Waals surface area (Å²) in [7, 11) is 0. The van der Waals surface area contributed by atoms with Crippen molar-refractivity contribution < 1.29 is 14.3 Å². The molecule has 0 radical (unpaired) electrons. The molecule has 0 atom stereocenters. The second kappa shape index (κ2) is 5.22. The number of carbonyl (C=O) groups excluding carboxylic acids is 1. The minimum absolute atomic E-state index is 0.0617. The van der Waals surface area contributed by atoms with Crippen molar-refractivity contribution in [3.63, 3.8) is 0 Å². The zero-order valence-electron chi connectivity index (χ0n) is 12.5. The first kappa shape index (κ1) is 14.2. The molecule has 5 nitrogen and oxygen atoms in total. The molecule has 0 spiro atoms. The van der Waals surface area contributed by atoms with E-state index < -0.39 is 5.79 Å². The Balaban J connectivity index is 1.65.